The molecule has 35 heavy (non-hydrogen) atoms. The molecular weight excluding hydrogens is 462 g/mol. The number of thiophene rings is 1. The van der Waals surface area contributed by atoms with Gasteiger partial charge in [0.1, 0.15) is 23.7 Å². The zero-order valence-corrected chi connectivity index (χ0v) is 20.6. The lowest BCUT2D eigenvalue weighted by atomic mass is 10.1. The quantitative estimate of drug-likeness (QED) is 0.492. The van der Waals surface area contributed by atoms with Gasteiger partial charge in [0.05, 0.1) is 10.2 Å². The van der Waals surface area contributed by atoms with Crippen molar-refractivity contribution < 1.29 is 14.3 Å². The predicted octanol–water partition coefficient (Wildman–Crippen LogP) is 3.45. The third kappa shape index (κ3) is 5.11. The van der Waals surface area contributed by atoms with E-state index in [1.54, 1.807) is 29.7 Å². The third-order valence-electron chi connectivity index (χ3n) is 6.40. The molecule has 0 bridgehead atoms. The first-order valence-electron chi connectivity index (χ1n) is 11.7. The van der Waals surface area contributed by atoms with Crippen molar-refractivity contribution in [1.29, 1.82) is 0 Å². The average Bonchev–Trinajstić information content (AvgIpc) is 3.45. The molecule has 8 nitrogen and oxygen atoms in total. The second-order valence-corrected chi connectivity index (χ2v) is 9.77. The summed E-state index contributed by atoms with van der Waals surface area (Å²) < 4.78 is 8.98. The van der Waals surface area contributed by atoms with Gasteiger partial charge in [0.2, 0.25) is 0 Å². The van der Waals surface area contributed by atoms with E-state index in [0.29, 0.717) is 17.0 Å². The number of hydrogen-bond acceptors (Lipinski definition) is 6. The van der Waals surface area contributed by atoms with E-state index in [1.807, 2.05) is 65.3 Å². The van der Waals surface area contributed by atoms with Crippen LogP contribution in [-0.2, 0) is 11.8 Å². The molecule has 0 saturated carbocycles. The summed E-state index contributed by atoms with van der Waals surface area (Å²) in [7, 11) is 3.74. The number of aromatic nitrogens is 1. The molecular formula is C26H29N5O3S. The molecule has 2 aliphatic rings. The molecule has 9 heteroatoms. The van der Waals surface area contributed by atoms with Crippen LogP contribution in [0.5, 0.6) is 5.75 Å². The largest absolute Gasteiger partial charge is 0.490 e. The van der Waals surface area contributed by atoms with Crippen LogP contribution in [0.15, 0.2) is 65.7 Å². The molecule has 2 aromatic heterocycles. The van der Waals surface area contributed by atoms with Gasteiger partial charge in [-0.2, -0.15) is 0 Å². The first kappa shape index (κ1) is 23.2. The summed E-state index contributed by atoms with van der Waals surface area (Å²) in [6.45, 7) is 1.95. The Morgan fingerprint density at radius 3 is 2.60 bits per heavy atom. The number of carbonyl (C=O) groups excluding carboxylic acids is 2. The minimum atomic E-state index is -0.443. The molecule has 2 amide bonds. The van der Waals surface area contributed by atoms with E-state index in [2.05, 4.69) is 16.0 Å². The van der Waals surface area contributed by atoms with Gasteiger partial charge in [-0.25, -0.2) is 0 Å². The molecule has 5 rings (SSSR count). The molecule has 3 aromatic rings. The number of piperidine rings is 1. The highest BCUT2D eigenvalue weighted by atomic mass is 32.1. The first-order valence-corrected chi connectivity index (χ1v) is 12.6. The monoisotopic (exact) mass is 491 g/mol. The highest BCUT2D eigenvalue weighted by Crippen LogP contribution is 2.25. The maximum atomic E-state index is 13.0. The van der Waals surface area contributed by atoms with Gasteiger partial charge in [-0.05, 0) is 79.9 Å². The van der Waals surface area contributed by atoms with Gasteiger partial charge in [-0.3, -0.25) is 9.59 Å². The molecule has 0 spiro atoms. The summed E-state index contributed by atoms with van der Waals surface area (Å²) in [6, 6.07) is 11.3. The van der Waals surface area contributed by atoms with Crippen LogP contribution in [0.1, 0.15) is 23.3 Å². The van der Waals surface area contributed by atoms with Gasteiger partial charge in [0.15, 0.2) is 0 Å². The van der Waals surface area contributed by atoms with Crippen LogP contribution in [0.2, 0.25) is 0 Å². The Hall–Kier alpha value is -3.56. The molecule has 1 saturated heterocycles. The molecule has 4 heterocycles. The fraction of sp³-hybridized carbons (Fsp3) is 0.308. The van der Waals surface area contributed by atoms with Crippen molar-refractivity contribution in [3.05, 3.63) is 71.4 Å². The predicted molar refractivity (Wildman–Crippen MR) is 139 cm³/mol. The molecule has 1 fully saturated rings. The SMILES string of the molecule is CN1C=CC(C(=O)Nc2ccc(OC3CCNCC3)cc2)=CC1NC(=O)c1cc2sccc2n1C. The van der Waals surface area contributed by atoms with Crippen molar-refractivity contribution in [2.24, 2.45) is 7.05 Å². The smallest absolute Gasteiger partial charge is 0.269 e. The van der Waals surface area contributed by atoms with Crippen molar-refractivity contribution in [2.75, 3.05) is 25.5 Å². The average molecular weight is 492 g/mol. The fourth-order valence-corrected chi connectivity index (χ4v) is 5.18. The van der Waals surface area contributed by atoms with Crippen LogP contribution >= 0.6 is 11.3 Å². The van der Waals surface area contributed by atoms with E-state index in [0.717, 1.165) is 41.9 Å². The molecule has 3 N–H and O–H groups in total. The Kier molecular flexibility index (Phi) is 6.61. The maximum absolute atomic E-state index is 13.0. The number of ether oxygens (including phenoxy) is 1. The second-order valence-electron chi connectivity index (χ2n) is 8.83. The van der Waals surface area contributed by atoms with E-state index in [9.17, 15) is 9.59 Å². The summed E-state index contributed by atoms with van der Waals surface area (Å²) in [4.78, 5) is 27.7. The lowest BCUT2D eigenvalue weighted by molar-refractivity contribution is -0.112. The maximum Gasteiger partial charge on any atom is 0.269 e. The van der Waals surface area contributed by atoms with Crippen LogP contribution in [0.25, 0.3) is 10.2 Å². The summed E-state index contributed by atoms with van der Waals surface area (Å²) in [5.41, 5.74) is 2.78. The Balaban J connectivity index is 1.22. The molecule has 1 aromatic carbocycles. The highest BCUT2D eigenvalue weighted by Gasteiger charge is 2.22. The highest BCUT2D eigenvalue weighted by molar-refractivity contribution is 7.17. The molecule has 0 radical (unpaired) electrons. The first-order chi connectivity index (χ1) is 17.0. The number of benzene rings is 1. The van der Waals surface area contributed by atoms with Crippen molar-refractivity contribution >= 4 is 39.1 Å². The number of nitrogens with one attached hydrogen (secondary N) is 3. The van der Waals surface area contributed by atoms with Crippen LogP contribution in [-0.4, -0.2) is 53.7 Å². The number of carbonyl (C=O) groups is 2. The van der Waals surface area contributed by atoms with Gasteiger partial charge in [-0.1, -0.05) is 0 Å². The minimum absolute atomic E-state index is 0.191. The third-order valence-corrected chi connectivity index (χ3v) is 7.26. The standard InChI is InChI=1S/C26H29N5O3S/c1-30-13-9-17(15-24(30)29-26(33)22-16-23-21(31(22)2)10-14-35-23)25(32)28-18-3-5-19(6-4-18)34-20-7-11-27-12-8-20/h3-6,9-10,13-16,20,24,27H,7-8,11-12H2,1-2H3,(H,28,32)(H,29,33). The summed E-state index contributed by atoms with van der Waals surface area (Å²) in [5.74, 6) is 0.375. The number of likely N-dealkylation sites (N-methyl/N-ethyl adjacent to an activating group) is 1. The number of anilines is 1. The van der Waals surface area contributed by atoms with Crippen molar-refractivity contribution in [3.8, 4) is 5.75 Å². The van der Waals surface area contributed by atoms with Crippen molar-refractivity contribution in [1.82, 2.24) is 20.1 Å². The van der Waals surface area contributed by atoms with Crippen LogP contribution in [0, 0.1) is 0 Å². The topological polar surface area (TPSA) is 87.6 Å². The van der Waals surface area contributed by atoms with Crippen LogP contribution in [0.4, 0.5) is 5.69 Å². The van der Waals surface area contributed by atoms with Crippen LogP contribution < -0.4 is 20.7 Å². The van der Waals surface area contributed by atoms with E-state index < -0.39 is 6.17 Å². The van der Waals surface area contributed by atoms with Gasteiger partial charge in [0, 0.05) is 31.6 Å². The number of amides is 2. The number of rotatable bonds is 6. The Labute approximate surface area is 208 Å². The fourth-order valence-electron chi connectivity index (χ4n) is 4.33. The Morgan fingerprint density at radius 2 is 1.86 bits per heavy atom. The van der Waals surface area contributed by atoms with E-state index in [-0.39, 0.29) is 17.9 Å². The molecule has 1 atom stereocenters. The van der Waals surface area contributed by atoms with Crippen LogP contribution in [0.3, 0.4) is 0 Å². The second kappa shape index (κ2) is 9.97. The van der Waals surface area contributed by atoms with Gasteiger partial charge in [0.25, 0.3) is 11.8 Å². The Morgan fingerprint density at radius 1 is 1.09 bits per heavy atom. The molecule has 182 valence electrons. The van der Waals surface area contributed by atoms with Crippen molar-refractivity contribution in [3.63, 3.8) is 0 Å². The van der Waals surface area contributed by atoms with E-state index in [1.165, 1.54) is 0 Å². The minimum Gasteiger partial charge on any atom is -0.490 e. The Bertz CT molecular complexity index is 1280. The summed E-state index contributed by atoms with van der Waals surface area (Å²) >= 11 is 1.60. The molecule has 1 unspecified atom stereocenters. The number of aryl methyl sites for hydroxylation is 1. The van der Waals surface area contributed by atoms with Gasteiger partial charge >= 0.3 is 0 Å². The molecule has 2 aliphatic heterocycles. The van der Waals surface area contributed by atoms with E-state index >= 15 is 0 Å². The lowest BCUT2D eigenvalue weighted by Gasteiger charge is -2.28. The summed E-state index contributed by atoms with van der Waals surface area (Å²) in [5, 5.41) is 11.3. The van der Waals surface area contributed by atoms with Crippen molar-refractivity contribution in [2.45, 2.75) is 25.1 Å². The van der Waals surface area contributed by atoms with Gasteiger partial charge < -0.3 is 30.2 Å². The van der Waals surface area contributed by atoms with E-state index in [4.69, 9.17) is 4.74 Å². The number of nitrogens with zero attached hydrogens (tertiary/aromatic N) is 2. The zero-order chi connectivity index (χ0) is 24.4. The number of fused-ring (bicyclic) bond motifs is 1. The zero-order valence-electron chi connectivity index (χ0n) is 19.8. The normalized spacial score (nSPS) is 18.4. The van der Waals surface area contributed by atoms with Gasteiger partial charge in [-0.15, -0.1) is 11.3 Å². The summed E-state index contributed by atoms with van der Waals surface area (Å²) in [6.07, 6.45) is 7.06. The molecule has 0 aliphatic carbocycles. The number of hydrogen-bond donors (Lipinski definition) is 3. The lowest BCUT2D eigenvalue weighted by Crippen LogP contribution is -2.45.